The predicted octanol–water partition coefficient (Wildman–Crippen LogP) is 5.38. The molecular weight excluding hydrogens is 562 g/mol. The van der Waals surface area contributed by atoms with Gasteiger partial charge in [-0.15, -0.1) is 11.8 Å². The number of carbonyl (C=O) groups is 2. The summed E-state index contributed by atoms with van der Waals surface area (Å²) in [6, 6.07) is 19.4. The second-order valence-electron chi connectivity index (χ2n) is 11.5. The third-order valence-corrected chi connectivity index (χ3v) is 8.51. The molecule has 10 heteroatoms. The number of aromatic nitrogens is 3. The van der Waals surface area contributed by atoms with Gasteiger partial charge in [-0.05, 0) is 54.4 Å². The number of benzene rings is 2. The van der Waals surface area contributed by atoms with Crippen molar-refractivity contribution < 1.29 is 19.1 Å². The second-order valence-corrected chi connectivity index (χ2v) is 12.6. The van der Waals surface area contributed by atoms with E-state index in [-0.39, 0.29) is 41.3 Å². The molecule has 1 N–H and O–H groups in total. The molecule has 0 saturated heterocycles. The summed E-state index contributed by atoms with van der Waals surface area (Å²) in [5.41, 5.74) is 4.95. The summed E-state index contributed by atoms with van der Waals surface area (Å²) in [5.74, 6) is 1.55. The molecule has 0 unspecified atom stereocenters. The summed E-state index contributed by atoms with van der Waals surface area (Å²) in [6.45, 7) is 8.48. The van der Waals surface area contributed by atoms with Gasteiger partial charge in [0.15, 0.2) is 11.5 Å². The first kappa shape index (κ1) is 30.2. The lowest BCUT2D eigenvalue weighted by Crippen LogP contribution is -2.42. The molecule has 0 bridgehead atoms. The number of pyridine rings is 1. The highest BCUT2D eigenvalue weighted by atomic mass is 32.2. The quantitative estimate of drug-likeness (QED) is 0.291. The van der Waals surface area contributed by atoms with E-state index in [9.17, 15) is 9.59 Å². The Morgan fingerprint density at radius 1 is 1.05 bits per heavy atom. The number of hydrogen-bond donors (Lipinski definition) is 1. The molecule has 9 nitrogen and oxygen atoms in total. The lowest BCUT2D eigenvalue weighted by Gasteiger charge is -2.25. The van der Waals surface area contributed by atoms with Gasteiger partial charge in [0.1, 0.15) is 12.4 Å². The smallest absolute Gasteiger partial charge is 0.240 e. The molecule has 43 heavy (non-hydrogen) atoms. The lowest BCUT2D eigenvalue weighted by molar-refractivity contribution is -0.123. The molecule has 224 valence electrons. The van der Waals surface area contributed by atoms with Crippen molar-refractivity contribution in [3.8, 4) is 17.2 Å². The average Bonchev–Trinajstić information content (AvgIpc) is 3.34. The Kier molecular flexibility index (Phi) is 8.77. The van der Waals surface area contributed by atoms with E-state index < -0.39 is 0 Å². The SMILES string of the molecule is COc1ccc([C@H]2SCC(=O)N(CC(=O)NCc3ccccn3)c3c2c(C(C)(C)C)nn3-c2cccc(C)c2)cc1OC. The van der Waals surface area contributed by atoms with Gasteiger partial charge in [0.25, 0.3) is 0 Å². The number of nitrogens with one attached hydrogen (secondary N) is 1. The minimum Gasteiger partial charge on any atom is -0.493 e. The predicted molar refractivity (Wildman–Crippen MR) is 169 cm³/mol. The van der Waals surface area contributed by atoms with Crippen LogP contribution >= 0.6 is 11.8 Å². The van der Waals surface area contributed by atoms with Crippen molar-refractivity contribution >= 4 is 29.4 Å². The van der Waals surface area contributed by atoms with Gasteiger partial charge >= 0.3 is 0 Å². The molecule has 0 saturated carbocycles. The van der Waals surface area contributed by atoms with Gasteiger partial charge in [0.2, 0.25) is 11.8 Å². The Morgan fingerprint density at radius 3 is 2.51 bits per heavy atom. The highest BCUT2D eigenvalue weighted by molar-refractivity contribution is 8.00. The Hall–Kier alpha value is -4.31. The van der Waals surface area contributed by atoms with Gasteiger partial charge < -0.3 is 14.8 Å². The average molecular weight is 600 g/mol. The number of nitrogens with zero attached hydrogens (tertiary/aromatic N) is 4. The van der Waals surface area contributed by atoms with Crippen LogP contribution in [0, 0.1) is 6.92 Å². The topological polar surface area (TPSA) is 98.6 Å². The van der Waals surface area contributed by atoms with E-state index in [1.54, 1.807) is 25.3 Å². The van der Waals surface area contributed by atoms with E-state index in [2.05, 4.69) is 31.1 Å². The maximum atomic E-state index is 13.9. The van der Waals surface area contributed by atoms with E-state index in [0.717, 1.165) is 33.8 Å². The largest absolute Gasteiger partial charge is 0.493 e. The van der Waals surface area contributed by atoms with E-state index in [1.807, 2.05) is 72.3 Å². The van der Waals surface area contributed by atoms with Gasteiger partial charge in [-0.2, -0.15) is 5.10 Å². The number of rotatable bonds is 8. The number of aryl methyl sites for hydroxylation is 1. The lowest BCUT2D eigenvalue weighted by atomic mass is 9.87. The zero-order valence-electron chi connectivity index (χ0n) is 25.4. The molecule has 5 rings (SSSR count). The van der Waals surface area contributed by atoms with Gasteiger partial charge in [-0.1, -0.05) is 45.0 Å². The van der Waals surface area contributed by atoms with Crippen molar-refractivity contribution in [2.24, 2.45) is 0 Å². The van der Waals surface area contributed by atoms with E-state index >= 15 is 0 Å². The summed E-state index contributed by atoms with van der Waals surface area (Å²) in [5, 5.41) is 7.84. The van der Waals surface area contributed by atoms with Crippen molar-refractivity contribution in [2.75, 3.05) is 31.4 Å². The second kappa shape index (κ2) is 12.5. The highest BCUT2D eigenvalue weighted by Crippen LogP contribution is 2.49. The highest BCUT2D eigenvalue weighted by Gasteiger charge is 2.40. The van der Waals surface area contributed by atoms with Crippen LogP contribution in [-0.4, -0.2) is 53.1 Å². The summed E-state index contributed by atoms with van der Waals surface area (Å²) in [4.78, 5) is 33.2. The van der Waals surface area contributed by atoms with Crippen LogP contribution in [0.3, 0.4) is 0 Å². The first-order valence-corrected chi connectivity index (χ1v) is 15.2. The maximum Gasteiger partial charge on any atom is 0.240 e. The number of methoxy groups -OCH3 is 2. The minimum atomic E-state index is -0.366. The number of amides is 2. The van der Waals surface area contributed by atoms with E-state index in [1.165, 1.54) is 11.8 Å². The van der Waals surface area contributed by atoms with Crippen LogP contribution < -0.4 is 19.7 Å². The van der Waals surface area contributed by atoms with Crippen LogP contribution in [0.15, 0.2) is 66.9 Å². The summed E-state index contributed by atoms with van der Waals surface area (Å²) in [6.07, 6.45) is 1.69. The van der Waals surface area contributed by atoms with Crippen LogP contribution in [-0.2, 0) is 21.5 Å². The zero-order valence-corrected chi connectivity index (χ0v) is 26.2. The molecule has 2 aromatic heterocycles. The van der Waals surface area contributed by atoms with Crippen molar-refractivity contribution in [1.82, 2.24) is 20.1 Å². The molecule has 0 spiro atoms. The van der Waals surface area contributed by atoms with Crippen LogP contribution in [0.1, 0.15) is 54.1 Å². The molecule has 3 heterocycles. The molecule has 0 fully saturated rings. The van der Waals surface area contributed by atoms with Gasteiger partial charge in [-0.25, -0.2) is 4.68 Å². The van der Waals surface area contributed by atoms with Crippen molar-refractivity contribution in [3.05, 3.63) is 94.9 Å². The number of hydrogen-bond acceptors (Lipinski definition) is 7. The summed E-state index contributed by atoms with van der Waals surface area (Å²) >= 11 is 1.52. The van der Waals surface area contributed by atoms with Crippen LogP contribution in [0.25, 0.3) is 5.69 Å². The first-order valence-electron chi connectivity index (χ1n) is 14.1. The molecule has 1 atom stereocenters. The van der Waals surface area contributed by atoms with Crippen LogP contribution in [0.5, 0.6) is 11.5 Å². The van der Waals surface area contributed by atoms with Crippen molar-refractivity contribution in [3.63, 3.8) is 0 Å². The van der Waals surface area contributed by atoms with Gasteiger partial charge in [0, 0.05) is 17.2 Å². The number of thioether (sulfide) groups is 1. The summed E-state index contributed by atoms with van der Waals surface area (Å²) in [7, 11) is 3.22. The molecular formula is C33H37N5O4S. The number of ether oxygens (including phenoxy) is 2. The summed E-state index contributed by atoms with van der Waals surface area (Å²) < 4.78 is 13.0. The van der Waals surface area contributed by atoms with Crippen molar-refractivity contribution in [1.29, 1.82) is 0 Å². The molecule has 1 aliphatic heterocycles. The van der Waals surface area contributed by atoms with Gasteiger partial charge in [0.05, 0.1) is 48.8 Å². The number of fused-ring (bicyclic) bond motifs is 1. The fourth-order valence-electron chi connectivity index (χ4n) is 5.18. The van der Waals surface area contributed by atoms with Crippen molar-refractivity contribution in [2.45, 2.75) is 44.9 Å². The van der Waals surface area contributed by atoms with E-state index in [0.29, 0.717) is 17.3 Å². The first-order chi connectivity index (χ1) is 20.6. The van der Waals surface area contributed by atoms with Crippen LogP contribution in [0.4, 0.5) is 5.82 Å². The molecule has 0 aliphatic carbocycles. The minimum absolute atomic E-state index is 0.154. The Labute approximate surface area is 256 Å². The monoisotopic (exact) mass is 599 g/mol. The molecule has 1 aliphatic rings. The maximum absolute atomic E-state index is 13.9. The fraction of sp³-hybridized carbons (Fsp3) is 0.333. The Balaban J connectivity index is 1.67. The third-order valence-electron chi connectivity index (χ3n) is 7.25. The standard InChI is InChI=1S/C33H37N5O4S/c1-21-10-9-12-24(16-21)38-32-29(31(36-38)33(2,3)4)30(22-13-14-25(41-5)26(17-22)42-6)43-20-28(40)37(32)19-27(39)35-18-23-11-7-8-15-34-23/h7-17,30H,18-20H2,1-6H3,(H,35,39)/t30-/m1/s1. The zero-order chi connectivity index (χ0) is 30.7. The van der Waals surface area contributed by atoms with E-state index in [4.69, 9.17) is 14.6 Å². The number of carbonyl (C=O) groups excluding carboxylic acids is 2. The Morgan fingerprint density at radius 2 is 1.84 bits per heavy atom. The van der Waals surface area contributed by atoms with Gasteiger partial charge in [-0.3, -0.25) is 19.5 Å². The molecule has 0 radical (unpaired) electrons. The normalized spacial score (nSPS) is 15.1. The van der Waals surface area contributed by atoms with Crippen LogP contribution in [0.2, 0.25) is 0 Å². The molecule has 2 amide bonds. The third kappa shape index (κ3) is 6.39. The molecule has 4 aromatic rings. The molecule has 2 aromatic carbocycles. The Bertz CT molecular complexity index is 1630. The fourth-order valence-corrected chi connectivity index (χ4v) is 6.37. The number of anilines is 1.